The van der Waals surface area contributed by atoms with Crippen LogP contribution in [0.3, 0.4) is 0 Å². The van der Waals surface area contributed by atoms with E-state index in [1.165, 1.54) is 12.3 Å². The fraction of sp³-hybridized carbons (Fsp3) is 0.167. The Bertz CT molecular complexity index is 575. The molecule has 0 saturated carbocycles. The molecule has 0 aliphatic rings. The van der Waals surface area contributed by atoms with E-state index in [4.69, 9.17) is 10.5 Å². The molecule has 0 fully saturated rings. The molecule has 4 nitrogen and oxygen atoms in total. The van der Waals surface area contributed by atoms with Gasteiger partial charge in [0, 0.05) is 30.1 Å². The molecule has 18 heavy (non-hydrogen) atoms. The lowest BCUT2D eigenvalue weighted by Crippen LogP contribution is -2.03. The van der Waals surface area contributed by atoms with Crippen molar-refractivity contribution < 1.29 is 13.5 Å². The Balaban J connectivity index is 2.23. The smallest absolute Gasteiger partial charge is 0.322 e. The molecule has 1 heterocycles. The van der Waals surface area contributed by atoms with E-state index in [9.17, 15) is 8.78 Å². The third-order valence-electron chi connectivity index (χ3n) is 2.38. The summed E-state index contributed by atoms with van der Waals surface area (Å²) in [5, 5.41) is 0. The standard InChI is InChI=1S/C12H11F2N3O/c1-7-8(5-15)6-16-12(17-7)18-9-2-3-10(13)11(14)4-9/h2-4,6H,5,15H2,1H3. The highest BCUT2D eigenvalue weighted by atomic mass is 19.2. The van der Waals surface area contributed by atoms with Gasteiger partial charge in [-0.2, -0.15) is 4.98 Å². The minimum Gasteiger partial charge on any atom is -0.424 e. The summed E-state index contributed by atoms with van der Waals surface area (Å²) in [6.45, 7) is 2.10. The zero-order chi connectivity index (χ0) is 13.1. The van der Waals surface area contributed by atoms with Crippen molar-refractivity contribution in [3.8, 4) is 11.8 Å². The zero-order valence-corrected chi connectivity index (χ0v) is 9.65. The van der Waals surface area contributed by atoms with Crippen molar-refractivity contribution >= 4 is 0 Å². The van der Waals surface area contributed by atoms with Gasteiger partial charge in [0.1, 0.15) is 5.75 Å². The van der Waals surface area contributed by atoms with Gasteiger partial charge >= 0.3 is 6.01 Å². The van der Waals surface area contributed by atoms with Crippen molar-refractivity contribution in [3.05, 3.63) is 47.3 Å². The van der Waals surface area contributed by atoms with Gasteiger partial charge in [-0.25, -0.2) is 13.8 Å². The minimum absolute atomic E-state index is 0.0655. The Labute approximate surface area is 102 Å². The van der Waals surface area contributed by atoms with E-state index in [0.717, 1.165) is 17.7 Å². The van der Waals surface area contributed by atoms with Crippen LogP contribution >= 0.6 is 0 Å². The minimum atomic E-state index is -0.984. The molecule has 0 bridgehead atoms. The molecule has 0 unspecified atom stereocenters. The van der Waals surface area contributed by atoms with Crippen molar-refractivity contribution in [3.63, 3.8) is 0 Å². The Kier molecular flexibility index (Phi) is 3.47. The van der Waals surface area contributed by atoms with Crippen LogP contribution in [0, 0.1) is 18.6 Å². The number of aromatic nitrogens is 2. The number of aryl methyl sites for hydroxylation is 1. The first kappa shape index (κ1) is 12.4. The van der Waals surface area contributed by atoms with Gasteiger partial charge < -0.3 is 10.5 Å². The summed E-state index contributed by atoms with van der Waals surface area (Å²) in [4.78, 5) is 7.99. The highest BCUT2D eigenvalue weighted by Crippen LogP contribution is 2.20. The van der Waals surface area contributed by atoms with E-state index in [0.29, 0.717) is 12.2 Å². The molecule has 2 N–H and O–H groups in total. The van der Waals surface area contributed by atoms with Crippen LogP contribution in [0.4, 0.5) is 8.78 Å². The molecule has 1 aromatic heterocycles. The Morgan fingerprint density at radius 1 is 1.28 bits per heavy atom. The van der Waals surface area contributed by atoms with Gasteiger partial charge in [-0.1, -0.05) is 0 Å². The van der Waals surface area contributed by atoms with Crippen LogP contribution in [0.25, 0.3) is 0 Å². The zero-order valence-electron chi connectivity index (χ0n) is 9.65. The highest BCUT2D eigenvalue weighted by molar-refractivity contribution is 5.27. The average molecular weight is 251 g/mol. The van der Waals surface area contributed by atoms with Gasteiger partial charge in [0.05, 0.1) is 0 Å². The summed E-state index contributed by atoms with van der Waals surface area (Å²) in [6, 6.07) is 3.28. The maximum Gasteiger partial charge on any atom is 0.322 e. The maximum atomic E-state index is 13.0. The van der Waals surface area contributed by atoms with Gasteiger partial charge in [0.2, 0.25) is 0 Å². The lowest BCUT2D eigenvalue weighted by molar-refractivity contribution is 0.429. The molecular weight excluding hydrogens is 240 g/mol. The molecule has 0 spiro atoms. The average Bonchev–Trinajstić information content (AvgIpc) is 2.34. The summed E-state index contributed by atoms with van der Waals surface area (Å²) >= 11 is 0. The van der Waals surface area contributed by atoms with Gasteiger partial charge in [0.25, 0.3) is 0 Å². The molecule has 2 rings (SSSR count). The van der Waals surface area contributed by atoms with Gasteiger partial charge in [0.15, 0.2) is 11.6 Å². The normalized spacial score (nSPS) is 10.4. The summed E-state index contributed by atoms with van der Waals surface area (Å²) in [6.07, 6.45) is 1.54. The Morgan fingerprint density at radius 3 is 2.67 bits per heavy atom. The largest absolute Gasteiger partial charge is 0.424 e. The number of hydrogen-bond acceptors (Lipinski definition) is 4. The fourth-order valence-corrected chi connectivity index (χ4v) is 1.37. The second-order valence-corrected chi connectivity index (χ2v) is 3.65. The predicted molar refractivity (Wildman–Crippen MR) is 61.1 cm³/mol. The summed E-state index contributed by atoms with van der Waals surface area (Å²) in [5.74, 6) is -1.78. The molecule has 1 aromatic carbocycles. The Hall–Kier alpha value is -2.08. The van der Waals surface area contributed by atoms with E-state index in [-0.39, 0.29) is 11.8 Å². The molecule has 0 amide bonds. The van der Waals surface area contributed by atoms with Crippen LogP contribution in [-0.2, 0) is 6.54 Å². The van der Waals surface area contributed by atoms with E-state index >= 15 is 0 Å². The summed E-state index contributed by atoms with van der Waals surface area (Å²) in [5.41, 5.74) is 6.96. The molecule has 2 aromatic rings. The van der Waals surface area contributed by atoms with E-state index < -0.39 is 11.6 Å². The number of ether oxygens (including phenoxy) is 1. The van der Waals surface area contributed by atoms with Crippen LogP contribution in [-0.4, -0.2) is 9.97 Å². The Morgan fingerprint density at radius 2 is 2.06 bits per heavy atom. The quantitative estimate of drug-likeness (QED) is 0.909. The number of hydrogen-bond donors (Lipinski definition) is 1. The molecule has 0 atom stereocenters. The molecule has 6 heteroatoms. The molecule has 0 radical (unpaired) electrons. The summed E-state index contributed by atoms with van der Waals surface area (Å²) in [7, 11) is 0. The van der Waals surface area contributed by atoms with Crippen LogP contribution in [0.1, 0.15) is 11.3 Å². The van der Waals surface area contributed by atoms with Crippen molar-refractivity contribution in [2.45, 2.75) is 13.5 Å². The lowest BCUT2D eigenvalue weighted by atomic mass is 10.2. The van der Waals surface area contributed by atoms with Crippen molar-refractivity contribution in [1.29, 1.82) is 0 Å². The van der Waals surface area contributed by atoms with Crippen LogP contribution in [0.5, 0.6) is 11.8 Å². The first-order chi connectivity index (χ1) is 8.60. The van der Waals surface area contributed by atoms with Crippen molar-refractivity contribution in [1.82, 2.24) is 9.97 Å². The summed E-state index contributed by atoms with van der Waals surface area (Å²) < 4.78 is 30.9. The second kappa shape index (κ2) is 5.05. The van der Waals surface area contributed by atoms with Crippen molar-refractivity contribution in [2.75, 3.05) is 0 Å². The SMILES string of the molecule is Cc1nc(Oc2ccc(F)c(F)c2)ncc1CN. The van der Waals surface area contributed by atoms with Gasteiger partial charge in [-0.05, 0) is 19.1 Å². The molecule has 94 valence electrons. The van der Waals surface area contributed by atoms with Crippen LogP contribution < -0.4 is 10.5 Å². The van der Waals surface area contributed by atoms with E-state index in [1.54, 1.807) is 6.92 Å². The number of rotatable bonds is 3. The highest BCUT2D eigenvalue weighted by Gasteiger charge is 2.07. The van der Waals surface area contributed by atoms with Crippen LogP contribution in [0.2, 0.25) is 0 Å². The number of halogens is 2. The number of benzene rings is 1. The molecule has 0 aliphatic carbocycles. The monoisotopic (exact) mass is 251 g/mol. The van der Waals surface area contributed by atoms with E-state index in [2.05, 4.69) is 9.97 Å². The number of nitrogens with zero attached hydrogens (tertiary/aromatic N) is 2. The fourth-order valence-electron chi connectivity index (χ4n) is 1.37. The predicted octanol–water partition coefficient (Wildman–Crippen LogP) is 2.31. The van der Waals surface area contributed by atoms with Crippen LogP contribution in [0.15, 0.2) is 24.4 Å². The van der Waals surface area contributed by atoms with Crippen molar-refractivity contribution in [2.24, 2.45) is 5.73 Å². The lowest BCUT2D eigenvalue weighted by Gasteiger charge is -2.06. The van der Waals surface area contributed by atoms with Gasteiger partial charge in [-0.15, -0.1) is 0 Å². The maximum absolute atomic E-state index is 13.0. The third kappa shape index (κ3) is 2.60. The first-order valence-electron chi connectivity index (χ1n) is 5.25. The van der Waals surface area contributed by atoms with E-state index in [1.807, 2.05) is 0 Å². The number of nitrogens with two attached hydrogens (primary N) is 1. The molecule has 0 saturated heterocycles. The first-order valence-corrected chi connectivity index (χ1v) is 5.25. The topological polar surface area (TPSA) is 61.0 Å². The molecule has 0 aliphatic heterocycles. The van der Waals surface area contributed by atoms with Gasteiger partial charge in [-0.3, -0.25) is 0 Å². The molecular formula is C12H11F2N3O. The second-order valence-electron chi connectivity index (χ2n) is 3.65. The third-order valence-corrected chi connectivity index (χ3v) is 2.38.